The van der Waals surface area contributed by atoms with Gasteiger partial charge in [-0.05, 0) is 72.7 Å². The lowest BCUT2D eigenvalue weighted by Crippen LogP contribution is -2.40. The van der Waals surface area contributed by atoms with Crippen LogP contribution in [0.2, 0.25) is 0 Å². The Kier molecular flexibility index (Phi) is 4.98. The highest BCUT2D eigenvalue weighted by atomic mass is 127. The lowest BCUT2D eigenvalue weighted by Gasteiger charge is -2.20. The molecule has 0 spiro atoms. The molecule has 1 aromatic rings. The molecule has 0 radical (unpaired) electrons. The summed E-state index contributed by atoms with van der Waals surface area (Å²) in [5.41, 5.74) is 1.78. The summed E-state index contributed by atoms with van der Waals surface area (Å²) in [7, 11) is 0. The molecule has 0 saturated carbocycles. The van der Waals surface area contributed by atoms with E-state index in [-0.39, 0.29) is 12.5 Å². The number of rotatable bonds is 4. The van der Waals surface area contributed by atoms with Crippen molar-refractivity contribution in [3.63, 3.8) is 0 Å². The van der Waals surface area contributed by atoms with Crippen LogP contribution in [-0.2, 0) is 9.59 Å². The summed E-state index contributed by atoms with van der Waals surface area (Å²) in [6.07, 6.45) is 1.44. The van der Waals surface area contributed by atoms with Gasteiger partial charge in [0, 0.05) is 9.26 Å². The lowest BCUT2D eigenvalue weighted by atomic mass is 10.2. The number of carbonyl (C=O) groups is 2. The van der Waals surface area contributed by atoms with Gasteiger partial charge in [-0.15, -0.1) is 0 Å². The third-order valence-electron chi connectivity index (χ3n) is 3.46. The number of anilines is 1. The number of halogens is 1. The van der Waals surface area contributed by atoms with Crippen molar-refractivity contribution in [1.82, 2.24) is 4.90 Å². The highest BCUT2D eigenvalue weighted by Crippen LogP contribution is 2.19. The number of hydrogen-bond donors (Lipinski definition) is 2. The van der Waals surface area contributed by atoms with Gasteiger partial charge in [0.25, 0.3) is 0 Å². The summed E-state index contributed by atoms with van der Waals surface area (Å²) in [6.45, 7) is 2.73. The van der Waals surface area contributed by atoms with E-state index in [0.29, 0.717) is 13.0 Å². The number of amides is 1. The molecule has 1 aliphatic rings. The third-order valence-corrected chi connectivity index (χ3v) is 4.13. The van der Waals surface area contributed by atoms with E-state index in [1.54, 1.807) is 4.90 Å². The van der Waals surface area contributed by atoms with E-state index in [1.165, 1.54) is 0 Å². The Morgan fingerprint density at radius 1 is 1.50 bits per heavy atom. The van der Waals surface area contributed by atoms with Crippen molar-refractivity contribution in [2.45, 2.75) is 25.8 Å². The first-order chi connectivity index (χ1) is 9.47. The molecule has 0 aliphatic carbocycles. The van der Waals surface area contributed by atoms with Crippen molar-refractivity contribution < 1.29 is 14.7 Å². The molecule has 0 unspecified atom stereocenters. The average Bonchev–Trinajstić information content (AvgIpc) is 2.81. The van der Waals surface area contributed by atoms with Gasteiger partial charge >= 0.3 is 5.97 Å². The highest BCUT2D eigenvalue weighted by molar-refractivity contribution is 14.1. The topological polar surface area (TPSA) is 69.6 Å². The molecular formula is C14H17IN2O3. The van der Waals surface area contributed by atoms with E-state index in [9.17, 15) is 9.59 Å². The summed E-state index contributed by atoms with van der Waals surface area (Å²) in [4.78, 5) is 24.8. The first-order valence-electron chi connectivity index (χ1n) is 6.50. The SMILES string of the molecule is Cc1cc(I)ccc1NC(=O)CN1CCC[C@@H]1C(=O)O. The van der Waals surface area contributed by atoms with Crippen LogP contribution in [0.25, 0.3) is 0 Å². The number of carboxylic acids is 1. The van der Waals surface area contributed by atoms with Crippen LogP contribution >= 0.6 is 22.6 Å². The molecule has 1 saturated heterocycles. The van der Waals surface area contributed by atoms with E-state index < -0.39 is 12.0 Å². The number of likely N-dealkylation sites (tertiary alicyclic amines) is 1. The van der Waals surface area contributed by atoms with Crippen LogP contribution in [0.5, 0.6) is 0 Å². The normalized spacial score (nSPS) is 19.0. The first kappa shape index (κ1) is 15.2. The van der Waals surface area contributed by atoms with Crippen LogP contribution < -0.4 is 5.32 Å². The van der Waals surface area contributed by atoms with Crippen molar-refractivity contribution in [2.75, 3.05) is 18.4 Å². The number of benzene rings is 1. The predicted octanol–water partition coefficient (Wildman–Crippen LogP) is 2.09. The molecule has 1 heterocycles. The lowest BCUT2D eigenvalue weighted by molar-refractivity contribution is -0.142. The zero-order valence-electron chi connectivity index (χ0n) is 11.2. The molecular weight excluding hydrogens is 371 g/mol. The van der Waals surface area contributed by atoms with Crippen LogP contribution in [0.15, 0.2) is 18.2 Å². The van der Waals surface area contributed by atoms with E-state index in [4.69, 9.17) is 5.11 Å². The van der Waals surface area contributed by atoms with E-state index in [0.717, 1.165) is 21.2 Å². The Morgan fingerprint density at radius 3 is 2.90 bits per heavy atom. The zero-order valence-corrected chi connectivity index (χ0v) is 13.4. The Bertz CT molecular complexity index is 533. The monoisotopic (exact) mass is 388 g/mol. The maximum atomic E-state index is 12.0. The van der Waals surface area contributed by atoms with Gasteiger partial charge < -0.3 is 10.4 Å². The van der Waals surface area contributed by atoms with Crippen LogP contribution in [0, 0.1) is 10.5 Å². The predicted molar refractivity (Wildman–Crippen MR) is 84.8 cm³/mol. The van der Waals surface area contributed by atoms with Gasteiger partial charge in [0.2, 0.25) is 5.91 Å². The summed E-state index contributed by atoms with van der Waals surface area (Å²) in [5.74, 6) is -1.01. The van der Waals surface area contributed by atoms with Crippen LogP contribution in [0.4, 0.5) is 5.69 Å². The van der Waals surface area contributed by atoms with Crippen molar-refractivity contribution in [3.8, 4) is 0 Å². The third kappa shape index (κ3) is 3.69. The molecule has 2 N–H and O–H groups in total. The number of nitrogens with one attached hydrogen (secondary N) is 1. The maximum absolute atomic E-state index is 12.0. The number of carboxylic acid groups (broad SMARTS) is 1. The molecule has 1 atom stereocenters. The molecule has 1 amide bonds. The molecule has 1 aliphatic heterocycles. The number of hydrogen-bond acceptors (Lipinski definition) is 3. The summed E-state index contributed by atoms with van der Waals surface area (Å²) >= 11 is 2.22. The molecule has 6 heteroatoms. The molecule has 0 aromatic heterocycles. The second-order valence-corrected chi connectivity index (χ2v) is 6.22. The van der Waals surface area contributed by atoms with Gasteiger partial charge in [0.1, 0.15) is 6.04 Å². The number of carbonyl (C=O) groups excluding carboxylic acids is 1. The Labute approximate surface area is 131 Å². The van der Waals surface area contributed by atoms with Crippen molar-refractivity contribution in [2.24, 2.45) is 0 Å². The smallest absolute Gasteiger partial charge is 0.320 e. The first-order valence-corrected chi connectivity index (χ1v) is 7.58. The maximum Gasteiger partial charge on any atom is 0.320 e. The fraction of sp³-hybridized carbons (Fsp3) is 0.429. The van der Waals surface area contributed by atoms with Crippen LogP contribution in [-0.4, -0.2) is 41.0 Å². The second kappa shape index (κ2) is 6.53. The molecule has 1 fully saturated rings. The van der Waals surface area contributed by atoms with Gasteiger partial charge in [-0.1, -0.05) is 0 Å². The van der Waals surface area contributed by atoms with Gasteiger partial charge in [0.05, 0.1) is 6.54 Å². The highest BCUT2D eigenvalue weighted by Gasteiger charge is 2.31. The standard InChI is InChI=1S/C14H17IN2O3/c1-9-7-10(15)4-5-11(9)16-13(18)8-17-6-2-3-12(17)14(19)20/h4-5,7,12H,2-3,6,8H2,1H3,(H,16,18)(H,19,20)/t12-/m1/s1. The second-order valence-electron chi connectivity index (χ2n) is 4.97. The minimum Gasteiger partial charge on any atom is -0.480 e. The number of aryl methyl sites for hydroxylation is 1. The zero-order chi connectivity index (χ0) is 14.7. The molecule has 0 bridgehead atoms. The Hall–Kier alpha value is -1.15. The van der Waals surface area contributed by atoms with E-state index in [2.05, 4.69) is 27.9 Å². The van der Waals surface area contributed by atoms with Gasteiger partial charge in [0.15, 0.2) is 0 Å². The number of aliphatic carboxylic acids is 1. The fourth-order valence-corrected chi connectivity index (χ4v) is 3.08. The Morgan fingerprint density at radius 2 is 2.25 bits per heavy atom. The van der Waals surface area contributed by atoms with E-state index >= 15 is 0 Å². The Balaban J connectivity index is 1.97. The average molecular weight is 388 g/mol. The van der Waals surface area contributed by atoms with Gasteiger partial charge in [-0.25, -0.2) is 0 Å². The summed E-state index contributed by atoms with van der Waals surface area (Å²) in [6, 6.07) is 5.26. The molecule has 5 nitrogen and oxygen atoms in total. The van der Waals surface area contributed by atoms with Crippen molar-refractivity contribution in [1.29, 1.82) is 0 Å². The number of nitrogens with zero attached hydrogens (tertiary/aromatic N) is 1. The minimum atomic E-state index is -0.847. The molecule has 20 heavy (non-hydrogen) atoms. The summed E-state index contributed by atoms with van der Waals surface area (Å²) < 4.78 is 1.11. The van der Waals surface area contributed by atoms with E-state index in [1.807, 2.05) is 25.1 Å². The van der Waals surface area contributed by atoms with Gasteiger partial charge in [-0.3, -0.25) is 14.5 Å². The summed E-state index contributed by atoms with van der Waals surface area (Å²) in [5, 5.41) is 11.9. The van der Waals surface area contributed by atoms with Crippen LogP contribution in [0.3, 0.4) is 0 Å². The van der Waals surface area contributed by atoms with Crippen molar-refractivity contribution in [3.05, 3.63) is 27.3 Å². The largest absolute Gasteiger partial charge is 0.480 e. The fourth-order valence-electron chi connectivity index (χ4n) is 2.44. The quantitative estimate of drug-likeness (QED) is 0.776. The molecule has 2 rings (SSSR count). The minimum absolute atomic E-state index is 0.127. The van der Waals surface area contributed by atoms with Crippen LogP contribution in [0.1, 0.15) is 18.4 Å². The molecule has 1 aromatic carbocycles. The van der Waals surface area contributed by atoms with Crippen molar-refractivity contribution >= 4 is 40.2 Å². The van der Waals surface area contributed by atoms with Gasteiger partial charge in [-0.2, -0.15) is 0 Å². The molecule has 108 valence electrons.